The number of nitrogens with zero attached hydrogens (tertiary/aromatic N) is 3. The summed E-state index contributed by atoms with van der Waals surface area (Å²) >= 11 is 0. The highest BCUT2D eigenvalue weighted by Gasteiger charge is 2.20. The Morgan fingerprint density at radius 3 is 2.50 bits per heavy atom. The van der Waals surface area contributed by atoms with Crippen molar-refractivity contribution < 1.29 is 8.83 Å². The first-order chi connectivity index (χ1) is 10.6. The maximum Gasteiger partial charge on any atom is 0.283 e. The van der Waals surface area contributed by atoms with Crippen LogP contribution in [0.2, 0.25) is 0 Å². The lowest BCUT2D eigenvalue weighted by Crippen LogP contribution is -2.22. The predicted molar refractivity (Wildman–Crippen MR) is 83.1 cm³/mol. The van der Waals surface area contributed by atoms with Crippen molar-refractivity contribution in [3.8, 4) is 11.7 Å². The maximum absolute atomic E-state index is 5.75. The summed E-state index contributed by atoms with van der Waals surface area (Å²) in [6.45, 7) is 4.75. The van der Waals surface area contributed by atoms with Crippen LogP contribution in [0.4, 0.5) is 0 Å². The summed E-state index contributed by atoms with van der Waals surface area (Å²) in [6.07, 6.45) is 0. The van der Waals surface area contributed by atoms with Gasteiger partial charge in [-0.15, -0.1) is 10.2 Å². The fourth-order valence-electron chi connectivity index (χ4n) is 2.25. The molecule has 0 unspecified atom stereocenters. The highest BCUT2D eigenvalue weighted by molar-refractivity contribution is 5.43. The SMILES string of the molecule is Cc1ccc(-c2nnc([C@@H](C)N(C)Cc3ccccc3)o2)o1. The van der Waals surface area contributed by atoms with Gasteiger partial charge in [-0.3, -0.25) is 4.90 Å². The Morgan fingerprint density at radius 2 is 1.82 bits per heavy atom. The van der Waals surface area contributed by atoms with Crippen LogP contribution in [0.25, 0.3) is 11.7 Å². The summed E-state index contributed by atoms with van der Waals surface area (Å²) in [4.78, 5) is 2.17. The molecular formula is C17H19N3O2. The van der Waals surface area contributed by atoms with Crippen LogP contribution in [0.3, 0.4) is 0 Å². The van der Waals surface area contributed by atoms with E-state index in [1.165, 1.54) is 5.56 Å². The van der Waals surface area contributed by atoms with Gasteiger partial charge in [0.25, 0.3) is 5.89 Å². The topological polar surface area (TPSA) is 55.3 Å². The molecule has 22 heavy (non-hydrogen) atoms. The second kappa shape index (κ2) is 6.15. The van der Waals surface area contributed by atoms with Gasteiger partial charge in [-0.25, -0.2) is 0 Å². The Bertz CT molecular complexity index is 733. The first-order valence-electron chi connectivity index (χ1n) is 7.28. The van der Waals surface area contributed by atoms with E-state index >= 15 is 0 Å². The number of hydrogen-bond acceptors (Lipinski definition) is 5. The van der Waals surface area contributed by atoms with E-state index in [1.807, 2.05) is 51.2 Å². The van der Waals surface area contributed by atoms with Crippen LogP contribution in [0, 0.1) is 6.92 Å². The molecule has 0 N–H and O–H groups in total. The van der Waals surface area contributed by atoms with Crippen molar-refractivity contribution in [1.29, 1.82) is 0 Å². The minimum atomic E-state index is 0.0255. The van der Waals surface area contributed by atoms with Crippen LogP contribution in [-0.2, 0) is 6.54 Å². The van der Waals surface area contributed by atoms with Crippen molar-refractivity contribution in [2.45, 2.75) is 26.4 Å². The number of benzene rings is 1. The molecule has 0 bridgehead atoms. The normalized spacial score (nSPS) is 12.7. The molecular weight excluding hydrogens is 278 g/mol. The third-order valence-corrected chi connectivity index (χ3v) is 3.69. The van der Waals surface area contributed by atoms with Gasteiger partial charge in [-0.2, -0.15) is 0 Å². The van der Waals surface area contributed by atoms with Crippen LogP contribution in [0.5, 0.6) is 0 Å². The Morgan fingerprint density at radius 1 is 1.05 bits per heavy atom. The molecule has 2 aromatic heterocycles. The summed E-state index contributed by atoms with van der Waals surface area (Å²) in [5.74, 6) is 2.43. The Kier molecular flexibility index (Phi) is 4.06. The second-order valence-corrected chi connectivity index (χ2v) is 5.43. The zero-order valence-electron chi connectivity index (χ0n) is 13.0. The lowest BCUT2D eigenvalue weighted by molar-refractivity contribution is 0.217. The van der Waals surface area contributed by atoms with E-state index in [1.54, 1.807) is 0 Å². The molecule has 0 aliphatic carbocycles. The monoisotopic (exact) mass is 297 g/mol. The summed E-state index contributed by atoms with van der Waals surface area (Å²) in [7, 11) is 2.04. The zero-order chi connectivity index (χ0) is 15.5. The fourth-order valence-corrected chi connectivity index (χ4v) is 2.25. The smallest absolute Gasteiger partial charge is 0.283 e. The first-order valence-corrected chi connectivity index (χ1v) is 7.28. The highest BCUT2D eigenvalue weighted by atomic mass is 16.4. The predicted octanol–water partition coefficient (Wildman–Crippen LogP) is 3.83. The molecule has 0 aliphatic rings. The number of aryl methyl sites for hydroxylation is 1. The molecule has 0 aliphatic heterocycles. The third-order valence-electron chi connectivity index (χ3n) is 3.69. The number of aromatic nitrogens is 2. The zero-order valence-corrected chi connectivity index (χ0v) is 13.0. The fraction of sp³-hybridized carbons (Fsp3) is 0.294. The van der Waals surface area contributed by atoms with Gasteiger partial charge in [0.2, 0.25) is 5.89 Å². The molecule has 3 rings (SSSR count). The molecule has 0 fully saturated rings. The van der Waals surface area contributed by atoms with Gasteiger partial charge < -0.3 is 8.83 Å². The molecule has 3 aromatic rings. The van der Waals surface area contributed by atoms with Crippen molar-refractivity contribution in [1.82, 2.24) is 15.1 Å². The quantitative estimate of drug-likeness (QED) is 0.716. The first kappa shape index (κ1) is 14.5. The minimum absolute atomic E-state index is 0.0255. The van der Waals surface area contributed by atoms with E-state index < -0.39 is 0 Å². The van der Waals surface area contributed by atoms with Crippen molar-refractivity contribution in [3.63, 3.8) is 0 Å². The van der Waals surface area contributed by atoms with Gasteiger partial charge in [-0.1, -0.05) is 30.3 Å². The standard InChI is InChI=1S/C17H19N3O2/c1-12-9-10-15(21-12)17-19-18-16(22-17)13(2)20(3)11-14-7-5-4-6-8-14/h4-10,13H,11H2,1-3H3/t13-/m1/s1. The van der Waals surface area contributed by atoms with Crippen molar-refractivity contribution in [3.05, 3.63) is 59.7 Å². The molecule has 0 saturated heterocycles. The number of hydrogen-bond donors (Lipinski definition) is 0. The number of rotatable bonds is 5. The van der Waals surface area contributed by atoms with Gasteiger partial charge in [-0.05, 0) is 38.6 Å². The summed E-state index contributed by atoms with van der Waals surface area (Å²) in [5, 5.41) is 8.22. The van der Waals surface area contributed by atoms with Gasteiger partial charge in [0, 0.05) is 6.54 Å². The lowest BCUT2D eigenvalue weighted by atomic mass is 10.2. The van der Waals surface area contributed by atoms with Crippen LogP contribution >= 0.6 is 0 Å². The van der Waals surface area contributed by atoms with Gasteiger partial charge in [0.05, 0.1) is 6.04 Å². The van der Waals surface area contributed by atoms with E-state index in [0.717, 1.165) is 12.3 Å². The number of furan rings is 1. The molecule has 0 spiro atoms. The van der Waals surface area contributed by atoms with Gasteiger partial charge in [0.15, 0.2) is 5.76 Å². The Hall–Kier alpha value is -2.40. The van der Waals surface area contributed by atoms with Crippen LogP contribution < -0.4 is 0 Å². The molecule has 114 valence electrons. The summed E-state index contributed by atoms with van der Waals surface area (Å²) < 4.78 is 11.3. The molecule has 2 heterocycles. The largest absolute Gasteiger partial charge is 0.456 e. The highest BCUT2D eigenvalue weighted by Crippen LogP contribution is 2.25. The van der Waals surface area contributed by atoms with Crippen LogP contribution in [0.1, 0.15) is 30.2 Å². The average Bonchev–Trinajstić information content (AvgIpc) is 3.16. The maximum atomic E-state index is 5.75. The summed E-state index contributed by atoms with van der Waals surface area (Å²) in [6, 6.07) is 14.0. The molecule has 1 aromatic carbocycles. The lowest BCUT2D eigenvalue weighted by Gasteiger charge is -2.21. The average molecular weight is 297 g/mol. The summed E-state index contributed by atoms with van der Waals surface area (Å²) in [5.41, 5.74) is 1.25. The van der Waals surface area contributed by atoms with Crippen molar-refractivity contribution in [2.75, 3.05) is 7.05 Å². The molecule has 1 atom stereocenters. The van der Waals surface area contributed by atoms with Gasteiger partial charge in [0.1, 0.15) is 5.76 Å². The van der Waals surface area contributed by atoms with E-state index in [0.29, 0.717) is 17.5 Å². The van der Waals surface area contributed by atoms with E-state index in [2.05, 4.69) is 27.2 Å². The third kappa shape index (κ3) is 3.09. The molecule has 0 radical (unpaired) electrons. The van der Waals surface area contributed by atoms with Crippen molar-refractivity contribution in [2.24, 2.45) is 0 Å². The Labute approximate surface area is 129 Å². The minimum Gasteiger partial charge on any atom is -0.456 e. The van der Waals surface area contributed by atoms with E-state index in [4.69, 9.17) is 8.83 Å². The van der Waals surface area contributed by atoms with E-state index in [9.17, 15) is 0 Å². The van der Waals surface area contributed by atoms with E-state index in [-0.39, 0.29) is 6.04 Å². The van der Waals surface area contributed by atoms with Crippen LogP contribution in [0.15, 0.2) is 51.3 Å². The molecule has 0 saturated carbocycles. The molecule has 0 amide bonds. The molecule has 5 heteroatoms. The molecule has 5 nitrogen and oxygen atoms in total. The van der Waals surface area contributed by atoms with Crippen LogP contribution in [-0.4, -0.2) is 22.1 Å². The second-order valence-electron chi connectivity index (χ2n) is 5.43. The Balaban J connectivity index is 1.72. The van der Waals surface area contributed by atoms with Gasteiger partial charge >= 0.3 is 0 Å². The van der Waals surface area contributed by atoms with Crippen molar-refractivity contribution >= 4 is 0 Å².